The van der Waals surface area contributed by atoms with E-state index in [9.17, 15) is 4.79 Å². The summed E-state index contributed by atoms with van der Waals surface area (Å²) in [6.45, 7) is 8.40. The molecule has 0 radical (unpaired) electrons. The second-order valence-electron chi connectivity index (χ2n) is 4.60. The van der Waals surface area contributed by atoms with E-state index in [0.717, 1.165) is 12.8 Å². The largest absolute Gasteiger partial charge is 0.466 e. The van der Waals surface area contributed by atoms with Crippen molar-refractivity contribution in [2.24, 2.45) is 11.3 Å². The zero-order chi connectivity index (χ0) is 10.8. The van der Waals surface area contributed by atoms with Crippen LogP contribution >= 0.6 is 0 Å². The molecule has 0 N–H and O–H groups in total. The van der Waals surface area contributed by atoms with E-state index in [0.29, 0.717) is 12.5 Å². The summed E-state index contributed by atoms with van der Waals surface area (Å²) in [5.41, 5.74) is 1.03. The molecule has 1 rings (SSSR count). The summed E-state index contributed by atoms with van der Waals surface area (Å²) < 4.78 is 5.09. The number of rotatable bonds is 3. The number of carbonyl (C=O) groups is 1. The molecule has 0 amide bonds. The molecular formula is C12H20O2. The number of allylic oxidation sites excluding steroid dienone is 2. The van der Waals surface area contributed by atoms with Gasteiger partial charge in [-0.15, -0.1) is 0 Å². The minimum atomic E-state index is -0.367. The summed E-state index contributed by atoms with van der Waals surface area (Å²) in [7, 11) is 0. The summed E-state index contributed by atoms with van der Waals surface area (Å²) in [6, 6.07) is 0. The first kappa shape index (κ1) is 11.3. The van der Waals surface area contributed by atoms with Crippen molar-refractivity contribution in [3.63, 3.8) is 0 Å². The van der Waals surface area contributed by atoms with Gasteiger partial charge in [-0.1, -0.05) is 11.6 Å². The van der Waals surface area contributed by atoms with Gasteiger partial charge in [0.25, 0.3) is 0 Å². The Balaban J connectivity index is 2.69. The third kappa shape index (κ3) is 2.17. The van der Waals surface area contributed by atoms with E-state index in [1.807, 2.05) is 20.8 Å². The lowest BCUT2D eigenvalue weighted by Gasteiger charge is -2.27. The molecule has 0 saturated heterocycles. The molecule has 0 fully saturated rings. The van der Waals surface area contributed by atoms with Gasteiger partial charge in [0.15, 0.2) is 0 Å². The van der Waals surface area contributed by atoms with Gasteiger partial charge in [-0.3, -0.25) is 4.79 Å². The maximum absolute atomic E-state index is 11.7. The van der Waals surface area contributed by atoms with E-state index in [1.165, 1.54) is 5.57 Å². The van der Waals surface area contributed by atoms with E-state index in [4.69, 9.17) is 4.74 Å². The van der Waals surface area contributed by atoms with Crippen molar-refractivity contribution in [3.8, 4) is 0 Å². The zero-order valence-corrected chi connectivity index (χ0v) is 9.59. The van der Waals surface area contributed by atoms with Crippen molar-refractivity contribution >= 4 is 5.97 Å². The van der Waals surface area contributed by atoms with Crippen LogP contribution in [0.5, 0.6) is 0 Å². The average Bonchev–Trinajstić information content (AvgIpc) is 2.52. The van der Waals surface area contributed by atoms with E-state index in [-0.39, 0.29) is 11.4 Å². The highest BCUT2D eigenvalue weighted by Crippen LogP contribution is 2.38. The molecule has 0 aromatic carbocycles. The van der Waals surface area contributed by atoms with Gasteiger partial charge in [0.1, 0.15) is 0 Å². The van der Waals surface area contributed by atoms with Gasteiger partial charge in [-0.25, -0.2) is 0 Å². The quantitative estimate of drug-likeness (QED) is 0.512. The lowest BCUT2D eigenvalue weighted by Crippen LogP contribution is -2.32. The molecule has 0 bridgehead atoms. The lowest BCUT2D eigenvalue weighted by atomic mass is 9.78. The van der Waals surface area contributed by atoms with Crippen LogP contribution in [0.1, 0.15) is 40.5 Å². The Morgan fingerprint density at radius 1 is 1.64 bits per heavy atom. The van der Waals surface area contributed by atoms with Crippen LogP contribution in [0.4, 0.5) is 0 Å². The first-order chi connectivity index (χ1) is 6.48. The first-order valence-corrected chi connectivity index (χ1v) is 5.33. The molecule has 1 aliphatic rings. The molecule has 0 spiro atoms. The van der Waals surface area contributed by atoms with Gasteiger partial charge in [-0.2, -0.15) is 0 Å². The van der Waals surface area contributed by atoms with Gasteiger partial charge in [0, 0.05) is 0 Å². The summed E-state index contributed by atoms with van der Waals surface area (Å²) in [5, 5.41) is 0. The van der Waals surface area contributed by atoms with Crippen LogP contribution in [0.2, 0.25) is 0 Å². The van der Waals surface area contributed by atoms with Crippen molar-refractivity contribution < 1.29 is 9.53 Å². The van der Waals surface area contributed by atoms with Gasteiger partial charge < -0.3 is 4.74 Å². The molecule has 2 heteroatoms. The number of hydrogen-bond donors (Lipinski definition) is 0. The van der Waals surface area contributed by atoms with Crippen LogP contribution in [0.15, 0.2) is 11.6 Å². The number of ether oxygens (including phenoxy) is 1. The Bertz CT molecular complexity index is 251. The lowest BCUT2D eigenvalue weighted by molar-refractivity contribution is -0.155. The van der Waals surface area contributed by atoms with Crippen LogP contribution in [0.3, 0.4) is 0 Å². The molecule has 1 atom stereocenters. The zero-order valence-electron chi connectivity index (χ0n) is 9.59. The Hall–Kier alpha value is -0.790. The summed E-state index contributed by atoms with van der Waals surface area (Å²) in [4.78, 5) is 11.7. The smallest absolute Gasteiger partial charge is 0.312 e. The predicted octanol–water partition coefficient (Wildman–Crippen LogP) is 2.93. The van der Waals surface area contributed by atoms with E-state index in [2.05, 4.69) is 13.0 Å². The fourth-order valence-electron chi connectivity index (χ4n) is 1.93. The molecule has 1 unspecified atom stereocenters. The Morgan fingerprint density at radius 3 is 2.71 bits per heavy atom. The topological polar surface area (TPSA) is 26.3 Å². The minimum Gasteiger partial charge on any atom is -0.466 e. The second kappa shape index (κ2) is 4.16. The monoisotopic (exact) mass is 196 g/mol. The van der Waals surface area contributed by atoms with Gasteiger partial charge >= 0.3 is 5.97 Å². The van der Waals surface area contributed by atoms with Crippen molar-refractivity contribution in [3.05, 3.63) is 11.6 Å². The van der Waals surface area contributed by atoms with Gasteiger partial charge in [0.2, 0.25) is 0 Å². The highest BCUT2D eigenvalue weighted by Gasteiger charge is 2.38. The van der Waals surface area contributed by atoms with E-state index < -0.39 is 0 Å². The highest BCUT2D eigenvalue weighted by atomic mass is 16.5. The van der Waals surface area contributed by atoms with Gasteiger partial charge in [-0.05, 0) is 46.5 Å². The number of hydrogen-bond acceptors (Lipinski definition) is 2. The van der Waals surface area contributed by atoms with Crippen molar-refractivity contribution in [1.82, 2.24) is 0 Å². The molecule has 0 aromatic heterocycles. The molecule has 0 heterocycles. The normalized spacial score (nSPS) is 22.0. The molecule has 0 aromatic rings. The molecule has 14 heavy (non-hydrogen) atoms. The molecule has 0 aliphatic heterocycles. The van der Waals surface area contributed by atoms with E-state index in [1.54, 1.807) is 0 Å². The SMILES string of the molecule is CCOC(=O)C(C)(C)C1C=C(C)CC1. The number of carbonyl (C=O) groups excluding carboxylic acids is 1. The summed E-state index contributed by atoms with van der Waals surface area (Å²) in [6.07, 6.45) is 4.42. The first-order valence-electron chi connectivity index (χ1n) is 5.33. The van der Waals surface area contributed by atoms with Crippen molar-refractivity contribution in [1.29, 1.82) is 0 Å². The Kier molecular flexibility index (Phi) is 3.35. The van der Waals surface area contributed by atoms with Crippen molar-refractivity contribution in [2.75, 3.05) is 6.61 Å². The summed E-state index contributed by atoms with van der Waals surface area (Å²) >= 11 is 0. The Labute approximate surface area is 86.3 Å². The van der Waals surface area contributed by atoms with Crippen LogP contribution in [0.25, 0.3) is 0 Å². The number of esters is 1. The van der Waals surface area contributed by atoms with Crippen molar-refractivity contribution in [2.45, 2.75) is 40.5 Å². The Morgan fingerprint density at radius 2 is 2.29 bits per heavy atom. The standard InChI is InChI=1S/C12H20O2/c1-5-14-11(13)12(3,4)10-7-6-9(2)8-10/h8,10H,5-7H2,1-4H3. The average molecular weight is 196 g/mol. The molecule has 1 aliphatic carbocycles. The minimum absolute atomic E-state index is 0.0732. The molecular weight excluding hydrogens is 176 g/mol. The van der Waals surface area contributed by atoms with Crippen LogP contribution < -0.4 is 0 Å². The van der Waals surface area contributed by atoms with Crippen LogP contribution in [0, 0.1) is 11.3 Å². The maximum Gasteiger partial charge on any atom is 0.312 e. The molecule has 0 saturated carbocycles. The summed E-state index contributed by atoms with van der Waals surface area (Å²) in [5.74, 6) is 0.275. The van der Waals surface area contributed by atoms with Crippen LogP contribution in [-0.2, 0) is 9.53 Å². The van der Waals surface area contributed by atoms with Crippen LogP contribution in [-0.4, -0.2) is 12.6 Å². The van der Waals surface area contributed by atoms with Gasteiger partial charge in [0.05, 0.1) is 12.0 Å². The third-order valence-electron chi connectivity index (χ3n) is 3.06. The third-order valence-corrected chi connectivity index (χ3v) is 3.06. The fourth-order valence-corrected chi connectivity index (χ4v) is 1.93. The van der Waals surface area contributed by atoms with E-state index >= 15 is 0 Å². The molecule has 80 valence electrons. The highest BCUT2D eigenvalue weighted by molar-refractivity contribution is 5.76. The predicted molar refractivity (Wildman–Crippen MR) is 56.9 cm³/mol. The second-order valence-corrected chi connectivity index (χ2v) is 4.60. The molecule has 2 nitrogen and oxygen atoms in total. The maximum atomic E-state index is 11.7. The fraction of sp³-hybridized carbons (Fsp3) is 0.750.